The van der Waals surface area contributed by atoms with Gasteiger partial charge in [0, 0.05) is 18.3 Å². The molecule has 8 heteroatoms. The van der Waals surface area contributed by atoms with Gasteiger partial charge in [-0.3, -0.25) is 14.6 Å². The van der Waals surface area contributed by atoms with Crippen LogP contribution in [0.4, 0.5) is 0 Å². The Balaban J connectivity index is 1.43. The van der Waals surface area contributed by atoms with Gasteiger partial charge in [0.15, 0.2) is 5.16 Å². The molecule has 2 heterocycles. The first-order valence-corrected chi connectivity index (χ1v) is 9.35. The summed E-state index contributed by atoms with van der Waals surface area (Å²) in [5, 5.41) is 0.487. The average Bonchev–Trinajstić information content (AvgIpc) is 3.46. The van der Waals surface area contributed by atoms with Gasteiger partial charge in [-0.25, -0.2) is 9.97 Å². The van der Waals surface area contributed by atoms with Crippen molar-refractivity contribution in [1.82, 2.24) is 15.0 Å². The second kappa shape index (κ2) is 8.75. The lowest BCUT2D eigenvalue weighted by Gasteiger charge is -2.05. The molecule has 136 valence electrons. The van der Waals surface area contributed by atoms with E-state index in [-0.39, 0.29) is 36.1 Å². The highest BCUT2D eigenvalue weighted by Crippen LogP contribution is 2.39. The number of hydrogen-bond acceptors (Lipinski definition) is 8. The smallest absolute Gasteiger partial charge is 0.316 e. The van der Waals surface area contributed by atoms with E-state index in [1.165, 1.54) is 11.8 Å². The fraction of sp³-hybridized carbons (Fsp3) is 0.389. The first kappa shape index (κ1) is 18.3. The van der Waals surface area contributed by atoms with Crippen molar-refractivity contribution in [2.24, 2.45) is 11.8 Å². The summed E-state index contributed by atoms with van der Waals surface area (Å²) in [6.07, 6.45) is 4.05. The Labute approximate surface area is 155 Å². The number of rotatable bonds is 8. The number of carbonyl (C=O) groups excluding carboxylic acids is 2. The topological polar surface area (TPSA) is 91.3 Å². The van der Waals surface area contributed by atoms with Crippen LogP contribution in [-0.4, -0.2) is 45.9 Å². The van der Waals surface area contributed by atoms with E-state index in [1.54, 1.807) is 25.4 Å². The molecule has 26 heavy (non-hydrogen) atoms. The number of ether oxygens (including phenoxy) is 2. The molecule has 1 aliphatic rings. The van der Waals surface area contributed by atoms with Gasteiger partial charge in [0.05, 0.1) is 36.3 Å². The minimum atomic E-state index is -0.351. The summed E-state index contributed by atoms with van der Waals surface area (Å²) < 4.78 is 10.2. The summed E-state index contributed by atoms with van der Waals surface area (Å²) in [6, 6.07) is 7.35. The molecule has 1 saturated carbocycles. The van der Waals surface area contributed by atoms with Crippen molar-refractivity contribution in [3.05, 3.63) is 36.7 Å². The number of aromatic nitrogens is 3. The minimum absolute atomic E-state index is 0.0757. The number of hydrogen-bond donors (Lipinski definition) is 0. The van der Waals surface area contributed by atoms with E-state index in [2.05, 4.69) is 15.0 Å². The summed E-state index contributed by atoms with van der Waals surface area (Å²) in [5.41, 5.74) is 1.45. The van der Waals surface area contributed by atoms with Gasteiger partial charge in [-0.1, -0.05) is 17.8 Å². The van der Waals surface area contributed by atoms with Crippen molar-refractivity contribution >= 4 is 23.7 Å². The van der Waals surface area contributed by atoms with Crippen LogP contribution in [0.2, 0.25) is 0 Å². The van der Waals surface area contributed by atoms with Crippen LogP contribution in [0.15, 0.2) is 41.8 Å². The Kier molecular flexibility index (Phi) is 6.17. The fourth-order valence-corrected chi connectivity index (χ4v) is 3.03. The van der Waals surface area contributed by atoms with E-state index in [0.717, 1.165) is 5.69 Å². The quantitative estimate of drug-likeness (QED) is 0.396. The standard InChI is InChI=1S/C18H19N3O4S/c1-2-24-17(23)13-9-12(13)10-25-16(22)11-26-18-20-8-6-15(21-18)14-5-3-4-7-19-14/h3-8,12-13H,2,9-11H2,1H3. The molecule has 0 aromatic carbocycles. The normalized spacial score (nSPS) is 18.2. The Morgan fingerprint density at radius 3 is 2.81 bits per heavy atom. The summed E-state index contributed by atoms with van der Waals surface area (Å²) in [6.45, 7) is 2.39. The molecule has 0 spiro atoms. The molecule has 1 aliphatic carbocycles. The Bertz CT molecular complexity index is 772. The number of carbonyl (C=O) groups is 2. The van der Waals surface area contributed by atoms with E-state index in [0.29, 0.717) is 23.9 Å². The summed E-state index contributed by atoms with van der Waals surface area (Å²) in [7, 11) is 0. The molecule has 0 saturated heterocycles. The summed E-state index contributed by atoms with van der Waals surface area (Å²) >= 11 is 1.21. The molecule has 0 radical (unpaired) electrons. The van der Waals surface area contributed by atoms with Crippen LogP contribution in [0.1, 0.15) is 13.3 Å². The number of thioether (sulfide) groups is 1. The Hall–Kier alpha value is -2.48. The van der Waals surface area contributed by atoms with Crippen LogP contribution >= 0.6 is 11.8 Å². The largest absolute Gasteiger partial charge is 0.466 e. The first-order chi connectivity index (χ1) is 12.7. The van der Waals surface area contributed by atoms with Crippen molar-refractivity contribution in [2.45, 2.75) is 18.5 Å². The summed E-state index contributed by atoms with van der Waals surface area (Å²) in [4.78, 5) is 36.2. The molecule has 2 aromatic rings. The highest BCUT2D eigenvalue weighted by molar-refractivity contribution is 7.99. The third-order valence-electron chi connectivity index (χ3n) is 3.85. The van der Waals surface area contributed by atoms with Crippen molar-refractivity contribution in [3.63, 3.8) is 0 Å². The lowest BCUT2D eigenvalue weighted by Crippen LogP contribution is -2.13. The van der Waals surface area contributed by atoms with Crippen LogP contribution in [-0.2, 0) is 19.1 Å². The molecule has 2 aromatic heterocycles. The van der Waals surface area contributed by atoms with Crippen LogP contribution in [0.3, 0.4) is 0 Å². The van der Waals surface area contributed by atoms with Crippen LogP contribution in [0.25, 0.3) is 11.4 Å². The lowest BCUT2D eigenvalue weighted by molar-refractivity contribution is -0.147. The van der Waals surface area contributed by atoms with E-state index in [1.807, 2.05) is 18.2 Å². The van der Waals surface area contributed by atoms with E-state index >= 15 is 0 Å². The highest BCUT2D eigenvalue weighted by atomic mass is 32.2. The Morgan fingerprint density at radius 2 is 2.04 bits per heavy atom. The van der Waals surface area contributed by atoms with E-state index < -0.39 is 0 Å². The molecule has 0 N–H and O–H groups in total. The number of nitrogens with zero attached hydrogens (tertiary/aromatic N) is 3. The number of esters is 2. The van der Waals surface area contributed by atoms with Gasteiger partial charge in [0.2, 0.25) is 0 Å². The van der Waals surface area contributed by atoms with Gasteiger partial charge in [0.25, 0.3) is 0 Å². The molecular weight excluding hydrogens is 354 g/mol. The monoisotopic (exact) mass is 373 g/mol. The fourth-order valence-electron chi connectivity index (χ4n) is 2.40. The van der Waals surface area contributed by atoms with E-state index in [4.69, 9.17) is 9.47 Å². The van der Waals surface area contributed by atoms with Crippen molar-refractivity contribution in [1.29, 1.82) is 0 Å². The van der Waals surface area contributed by atoms with Gasteiger partial charge in [0.1, 0.15) is 0 Å². The zero-order valence-corrected chi connectivity index (χ0v) is 15.1. The van der Waals surface area contributed by atoms with Gasteiger partial charge < -0.3 is 9.47 Å². The molecule has 1 fully saturated rings. The maximum Gasteiger partial charge on any atom is 0.316 e. The third kappa shape index (κ3) is 5.01. The second-order valence-corrected chi connectivity index (χ2v) is 6.71. The molecule has 3 rings (SSSR count). The van der Waals surface area contributed by atoms with Gasteiger partial charge >= 0.3 is 11.9 Å². The predicted octanol–water partition coefficient (Wildman–Crippen LogP) is 2.37. The maximum absolute atomic E-state index is 11.9. The number of pyridine rings is 1. The summed E-state index contributed by atoms with van der Waals surface area (Å²) in [5.74, 6) is -0.498. The molecule has 2 atom stereocenters. The Morgan fingerprint density at radius 1 is 1.15 bits per heavy atom. The van der Waals surface area contributed by atoms with Crippen LogP contribution < -0.4 is 0 Å². The zero-order chi connectivity index (χ0) is 18.4. The van der Waals surface area contributed by atoms with Crippen LogP contribution in [0, 0.1) is 11.8 Å². The first-order valence-electron chi connectivity index (χ1n) is 8.37. The average molecular weight is 373 g/mol. The predicted molar refractivity (Wildman–Crippen MR) is 95.2 cm³/mol. The van der Waals surface area contributed by atoms with Gasteiger partial charge in [-0.05, 0) is 31.5 Å². The van der Waals surface area contributed by atoms with Crippen LogP contribution in [0.5, 0.6) is 0 Å². The zero-order valence-electron chi connectivity index (χ0n) is 14.3. The maximum atomic E-state index is 11.9. The lowest BCUT2D eigenvalue weighted by atomic mass is 10.3. The second-order valence-electron chi connectivity index (χ2n) is 5.77. The third-order valence-corrected chi connectivity index (χ3v) is 4.69. The molecule has 0 amide bonds. The molecule has 0 aliphatic heterocycles. The van der Waals surface area contributed by atoms with Gasteiger partial charge in [-0.2, -0.15) is 0 Å². The molecule has 2 unspecified atom stereocenters. The molecule has 0 bridgehead atoms. The SMILES string of the molecule is CCOC(=O)C1CC1COC(=O)CSc1nccc(-c2ccccn2)n1. The van der Waals surface area contributed by atoms with Crippen molar-refractivity contribution in [3.8, 4) is 11.4 Å². The van der Waals surface area contributed by atoms with E-state index in [9.17, 15) is 9.59 Å². The highest BCUT2D eigenvalue weighted by Gasteiger charge is 2.44. The van der Waals surface area contributed by atoms with Crippen molar-refractivity contribution in [2.75, 3.05) is 19.0 Å². The molecular formula is C18H19N3O4S. The minimum Gasteiger partial charge on any atom is -0.466 e. The van der Waals surface area contributed by atoms with Crippen molar-refractivity contribution < 1.29 is 19.1 Å². The molecule has 7 nitrogen and oxygen atoms in total. The van der Waals surface area contributed by atoms with Gasteiger partial charge in [-0.15, -0.1) is 0 Å².